The molecule has 6 heteroatoms. The molecule has 1 unspecified atom stereocenters. The minimum absolute atomic E-state index is 0.0903. The molecule has 1 fully saturated rings. The number of carbonyl (C=O) groups is 3. The average Bonchev–Trinajstić information content (AvgIpc) is 2.60. The van der Waals surface area contributed by atoms with Crippen molar-refractivity contribution in [2.75, 3.05) is 0 Å². The number of hydrogen-bond donors (Lipinski definition) is 1. The summed E-state index contributed by atoms with van der Waals surface area (Å²) in [6.07, 6.45) is -0.0903. The molecule has 1 N–H and O–H groups in total. The molecule has 0 spiro atoms. The molecule has 12 heavy (non-hydrogen) atoms. The minimum Gasteiger partial charge on any atom is -0.481 e. The Kier molecular flexibility index (Phi) is 2.14. The van der Waals surface area contributed by atoms with Crippen LogP contribution in [0, 0.1) is 11.3 Å². The molecular formula is C6H4Cl2O4. The van der Waals surface area contributed by atoms with Gasteiger partial charge in [0.2, 0.25) is 10.5 Å². The first-order valence-electron chi connectivity index (χ1n) is 3.05. The monoisotopic (exact) mass is 210 g/mol. The Bertz CT molecular complexity index is 259. The molecule has 0 aromatic carbocycles. The van der Waals surface area contributed by atoms with E-state index in [1.165, 1.54) is 0 Å². The van der Waals surface area contributed by atoms with Gasteiger partial charge in [-0.05, 0) is 29.6 Å². The van der Waals surface area contributed by atoms with Crippen molar-refractivity contribution in [3.63, 3.8) is 0 Å². The first kappa shape index (κ1) is 9.48. The fourth-order valence-electron chi connectivity index (χ4n) is 1.07. The van der Waals surface area contributed by atoms with Crippen LogP contribution in [-0.4, -0.2) is 21.6 Å². The van der Waals surface area contributed by atoms with Crippen molar-refractivity contribution in [2.45, 2.75) is 6.42 Å². The summed E-state index contributed by atoms with van der Waals surface area (Å²) in [6, 6.07) is 0. The molecule has 1 rings (SSSR count). The zero-order valence-electron chi connectivity index (χ0n) is 5.71. The van der Waals surface area contributed by atoms with Gasteiger partial charge in [-0.15, -0.1) is 0 Å². The van der Waals surface area contributed by atoms with Crippen LogP contribution >= 0.6 is 23.2 Å². The van der Waals surface area contributed by atoms with Gasteiger partial charge in [-0.2, -0.15) is 0 Å². The second kappa shape index (κ2) is 2.71. The predicted octanol–water partition coefficient (Wildman–Crippen LogP) is 0.608. The maximum absolute atomic E-state index is 10.7. The molecule has 1 aliphatic rings. The minimum atomic E-state index is -1.66. The first-order chi connectivity index (χ1) is 5.43. The summed E-state index contributed by atoms with van der Waals surface area (Å²) in [5, 5.41) is 6.48. The Hall–Kier alpha value is -0.610. The van der Waals surface area contributed by atoms with Crippen LogP contribution < -0.4 is 0 Å². The molecule has 0 aromatic heterocycles. The maximum Gasteiger partial charge on any atom is 0.308 e. The quantitative estimate of drug-likeness (QED) is 0.548. The Labute approximate surface area is 77.4 Å². The van der Waals surface area contributed by atoms with Crippen LogP contribution in [0.25, 0.3) is 0 Å². The lowest BCUT2D eigenvalue weighted by Gasteiger charge is -2.02. The van der Waals surface area contributed by atoms with Crippen LogP contribution in [0.15, 0.2) is 0 Å². The molecule has 1 aliphatic carbocycles. The van der Waals surface area contributed by atoms with Crippen molar-refractivity contribution in [2.24, 2.45) is 11.3 Å². The van der Waals surface area contributed by atoms with Gasteiger partial charge in [0, 0.05) is 0 Å². The van der Waals surface area contributed by atoms with Gasteiger partial charge in [-0.1, -0.05) is 0 Å². The van der Waals surface area contributed by atoms with E-state index in [0.717, 1.165) is 0 Å². The van der Waals surface area contributed by atoms with Gasteiger partial charge in [0.25, 0.3) is 0 Å². The number of halogens is 2. The van der Waals surface area contributed by atoms with Gasteiger partial charge in [-0.25, -0.2) is 0 Å². The van der Waals surface area contributed by atoms with Crippen molar-refractivity contribution in [1.29, 1.82) is 0 Å². The van der Waals surface area contributed by atoms with Crippen LogP contribution in [0.5, 0.6) is 0 Å². The van der Waals surface area contributed by atoms with Crippen LogP contribution in [-0.2, 0) is 14.4 Å². The van der Waals surface area contributed by atoms with Crippen molar-refractivity contribution < 1.29 is 19.5 Å². The lowest BCUT2D eigenvalue weighted by atomic mass is 10.1. The molecule has 66 valence electrons. The molecule has 0 aliphatic heterocycles. The lowest BCUT2D eigenvalue weighted by Crippen LogP contribution is -2.23. The number of carboxylic acid groups (broad SMARTS) is 1. The Morgan fingerprint density at radius 2 is 1.67 bits per heavy atom. The summed E-state index contributed by atoms with van der Waals surface area (Å²) < 4.78 is 0. The Balaban J connectivity index is 2.90. The Morgan fingerprint density at radius 1 is 1.25 bits per heavy atom. The third-order valence-corrected chi connectivity index (χ3v) is 2.63. The summed E-state index contributed by atoms with van der Waals surface area (Å²) in [7, 11) is 0. The number of aliphatic carboxylic acids is 1. The SMILES string of the molecule is O=C(O)C1CC1(C(=O)Cl)C(=O)Cl. The third-order valence-electron chi connectivity index (χ3n) is 1.96. The van der Waals surface area contributed by atoms with E-state index >= 15 is 0 Å². The fraction of sp³-hybridized carbons (Fsp3) is 0.500. The van der Waals surface area contributed by atoms with Crippen molar-refractivity contribution in [1.82, 2.24) is 0 Å². The van der Waals surface area contributed by atoms with Crippen molar-refractivity contribution in [3.8, 4) is 0 Å². The fourth-order valence-corrected chi connectivity index (χ4v) is 1.71. The summed E-state index contributed by atoms with van der Waals surface area (Å²) >= 11 is 10.1. The van der Waals surface area contributed by atoms with E-state index in [9.17, 15) is 14.4 Å². The Morgan fingerprint density at radius 3 is 1.75 bits per heavy atom. The van der Waals surface area contributed by atoms with Gasteiger partial charge in [0.15, 0.2) is 0 Å². The normalized spacial score (nSPS) is 24.7. The van der Waals surface area contributed by atoms with Gasteiger partial charge in [0.1, 0.15) is 5.41 Å². The summed E-state index contributed by atoms with van der Waals surface area (Å²) in [6.45, 7) is 0. The van der Waals surface area contributed by atoms with Crippen LogP contribution in [0.2, 0.25) is 0 Å². The van der Waals surface area contributed by atoms with Gasteiger partial charge >= 0.3 is 5.97 Å². The molecular weight excluding hydrogens is 207 g/mol. The maximum atomic E-state index is 10.7. The highest BCUT2D eigenvalue weighted by Gasteiger charge is 2.68. The van der Waals surface area contributed by atoms with Crippen LogP contribution in [0.1, 0.15) is 6.42 Å². The molecule has 1 atom stereocenters. The third kappa shape index (κ3) is 1.11. The van der Waals surface area contributed by atoms with E-state index in [4.69, 9.17) is 28.3 Å². The summed E-state index contributed by atoms with van der Waals surface area (Å²) in [5.74, 6) is -2.27. The van der Waals surface area contributed by atoms with E-state index in [0.29, 0.717) is 0 Å². The summed E-state index contributed by atoms with van der Waals surface area (Å²) in [5.41, 5.74) is -1.66. The van der Waals surface area contributed by atoms with E-state index < -0.39 is 27.8 Å². The number of carboxylic acids is 1. The summed E-state index contributed by atoms with van der Waals surface area (Å²) in [4.78, 5) is 31.7. The van der Waals surface area contributed by atoms with E-state index in [1.807, 2.05) is 0 Å². The molecule has 0 heterocycles. The molecule has 4 nitrogen and oxygen atoms in total. The first-order valence-corrected chi connectivity index (χ1v) is 3.81. The molecule has 0 bridgehead atoms. The zero-order valence-corrected chi connectivity index (χ0v) is 7.22. The van der Waals surface area contributed by atoms with E-state index in [1.54, 1.807) is 0 Å². The van der Waals surface area contributed by atoms with E-state index in [-0.39, 0.29) is 6.42 Å². The van der Waals surface area contributed by atoms with Crippen molar-refractivity contribution in [3.05, 3.63) is 0 Å². The highest BCUT2D eigenvalue weighted by atomic mass is 35.5. The second-order valence-corrected chi connectivity index (χ2v) is 3.30. The van der Waals surface area contributed by atoms with E-state index in [2.05, 4.69) is 0 Å². The standard InChI is InChI=1S/C6H4Cl2O4/c7-4(11)6(5(8)12)1-2(6)3(9)10/h2H,1H2,(H,9,10). The lowest BCUT2D eigenvalue weighted by molar-refractivity contribution is -0.142. The smallest absolute Gasteiger partial charge is 0.308 e. The molecule has 0 amide bonds. The zero-order chi connectivity index (χ0) is 9.52. The largest absolute Gasteiger partial charge is 0.481 e. The average molecular weight is 211 g/mol. The van der Waals surface area contributed by atoms with Gasteiger partial charge in [-0.3, -0.25) is 14.4 Å². The van der Waals surface area contributed by atoms with Crippen molar-refractivity contribution >= 4 is 39.7 Å². The van der Waals surface area contributed by atoms with Gasteiger partial charge in [0.05, 0.1) is 5.92 Å². The predicted molar refractivity (Wildman–Crippen MR) is 39.9 cm³/mol. The second-order valence-electron chi connectivity index (χ2n) is 2.61. The molecule has 0 radical (unpaired) electrons. The highest BCUT2D eigenvalue weighted by molar-refractivity contribution is 6.75. The van der Waals surface area contributed by atoms with Crippen LogP contribution in [0.3, 0.4) is 0 Å². The number of hydrogen-bond acceptors (Lipinski definition) is 3. The topological polar surface area (TPSA) is 71.4 Å². The van der Waals surface area contributed by atoms with Gasteiger partial charge < -0.3 is 5.11 Å². The number of carbonyl (C=O) groups excluding carboxylic acids is 2. The number of rotatable bonds is 3. The molecule has 0 aromatic rings. The van der Waals surface area contributed by atoms with Crippen LogP contribution in [0.4, 0.5) is 0 Å². The molecule has 1 saturated carbocycles. The highest BCUT2D eigenvalue weighted by Crippen LogP contribution is 2.55. The molecule has 0 saturated heterocycles.